The Balaban J connectivity index is 1.52. The third-order valence-electron chi connectivity index (χ3n) is 4.23. The maximum absolute atomic E-state index is 4.39. The summed E-state index contributed by atoms with van der Waals surface area (Å²) < 4.78 is 2.00. The SMILES string of the molecule is Cn1ccnc1CNc1cc(CC[C@H]2CCCCN2)ncn1. The van der Waals surface area contributed by atoms with E-state index in [4.69, 9.17) is 0 Å². The molecule has 0 bridgehead atoms. The number of hydrogen-bond donors (Lipinski definition) is 2. The topological polar surface area (TPSA) is 67.7 Å². The predicted octanol–water partition coefficient (Wildman–Crippen LogP) is 1.90. The molecule has 1 aliphatic heterocycles. The van der Waals surface area contributed by atoms with Crippen molar-refractivity contribution < 1.29 is 0 Å². The van der Waals surface area contributed by atoms with Gasteiger partial charge in [-0.15, -0.1) is 0 Å². The molecule has 0 spiro atoms. The molecule has 1 saturated heterocycles. The van der Waals surface area contributed by atoms with Gasteiger partial charge in [0.25, 0.3) is 0 Å². The number of hydrogen-bond acceptors (Lipinski definition) is 5. The molecule has 1 fully saturated rings. The monoisotopic (exact) mass is 300 g/mol. The second-order valence-electron chi connectivity index (χ2n) is 5.89. The number of rotatable bonds is 6. The van der Waals surface area contributed by atoms with Crippen LogP contribution in [0.3, 0.4) is 0 Å². The summed E-state index contributed by atoms with van der Waals surface area (Å²) >= 11 is 0. The summed E-state index contributed by atoms with van der Waals surface area (Å²) in [6, 6.07) is 2.69. The molecule has 2 aromatic heterocycles. The average Bonchev–Trinajstić information content (AvgIpc) is 2.98. The molecular weight excluding hydrogens is 276 g/mol. The van der Waals surface area contributed by atoms with Gasteiger partial charge in [0.15, 0.2) is 0 Å². The van der Waals surface area contributed by atoms with Gasteiger partial charge in [-0.25, -0.2) is 15.0 Å². The first kappa shape index (κ1) is 15.0. The molecule has 0 aliphatic carbocycles. The van der Waals surface area contributed by atoms with Gasteiger partial charge >= 0.3 is 0 Å². The average molecular weight is 300 g/mol. The number of anilines is 1. The fourth-order valence-corrected chi connectivity index (χ4v) is 2.86. The van der Waals surface area contributed by atoms with Crippen molar-refractivity contribution in [3.63, 3.8) is 0 Å². The van der Waals surface area contributed by atoms with E-state index in [9.17, 15) is 0 Å². The fourth-order valence-electron chi connectivity index (χ4n) is 2.86. The van der Waals surface area contributed by atoms with Gasteiger partial charge in [0.1, 0.15) is 18.0 Å². The van der Waals surface area contributed by atoms with Crippen molar-refractivity contribution >= 4 is 5.82 Å². The van der Waals surface area contributed by atoms with E-state index in [2.05, 4.69) is 25.6 Å². The predicted molar refractivity (Wildman–Crippen MR) is 86.5 cm³/mol. The zero-order chi connectivity index (χ0) is 15.2. The van der Waals surface area contributed by atoms with Crippen LogP contribution in [0.4, 0.5) is 5.82 Å². The molecule has 6 nitrogen and oxygen atoms in total. The minimum Gasteiger partial charge on any atom is -0.363 e. The third-order valence-corrected chi connectivity index (χ3v) is 4.23. The van der Waals surface area contributed by atoms with E-state index < -0.39 is 0 Å². The van der Waals surface area contributed by atoms with E-state index in [1.165, 1.54) is 19.3 Å². The number of imidazole rings is 1. The highest BCUT2D eigenvalue weighted by Crippen LogP contribution is 2.14. The van der Waals surface area contributed by atoms with Gasteiger partial charge in [-0.05, 0) is 32.2 Å². The minimum atomic E-state index is 0.646. The molecule has 0 amide bonds. The van der Waals surface area contributed by atoms with Crippen LogP contribution in [-0.4, -0.2) is 32.1 Å². The summed E-state index contributed by atoms with van der Waals surface area (Å²) in [5, 5.41) is 6.90. The molecule has 1 atom stereocenters. The highest BCUT2D eigenvalue weighted by Gasteiger charge is 2.12. The van der Waals surface area contributed by atoms with Crippen molar-refractivity contribution in [2.24, 2.45) is 7.05 Å². The second-order valence-corrected chi connectivity index (χ2v) is 5.89. The third kappa shape index (κ3) is 4.04. The van der Waals surface area contributed by atoms with E-state index in [-0.39, 0.29) is 0 Å². The van der Waals surface area contributed by atoms with Gasteiger partial charge in [-0.3, -0.25) is 0 Å². The van der Waals surface area contributed by atoms with Gasteiger partial charge in [-0.2, -0.15) is 0 Å². The summed E-state index contributed by atoms with van der Waals surface area (Å²) in [7, 11) is 1.99. The Morgan fingerprint density at radius 3 is 3.05 bits per heavy atom. The summed E-state index contributed by atoms with van der Waals surface area (Å²) in [5.74, 6) is 1.86. The lowest BCUT2D eigenvalue weighted by Gasteiger charge is -2.23. The molecule has 6 heteroatoms. The summed E-state index contributed by atoms with van der Waals surface area (Å²) in [4.78, 5) is 13.0. The van der Waals surface area contributed by atoms with Crippen molar-refractivity contribution in [2.75, 3.05) is 11.9 Å². The van der Waals surface area contributed by atoms with E-state index in [0.717, 1.165) is 36.7 Å². The van der Waals surface area contributed by atoms with Crippen LogP contribution in [0.2, 0.25) is 0 Å². The number of nitrogens with one attached hydrogen (secondary N) is 2. The summed E-state index contributed by atoms with van der Waals surface area (Å²) in [6.45, 7) is 1.83. The lowest BCUT2D eigenvalue weighted by atomic mass is 10.00. The Bertz CT molecular complexity index is 588. The Hall–Kier alpha value is -1.95. The number of aromatic nitrogens is 4. The highest BCUT2D eigenvalue weighted by molar-refractivity contribution is 5.35. The lowest BCUT2D eigenvalue weighted by Crippen LogP contribution is -2.34. The molecule has 0 radical (unpaired) electrons. The molecule has 0 unspecified atom stereocenters. The first-order chi connectivity index (χ1) is 10.8. The minimum absolute atomic E-state index is 0.646. The van der Waals surface area contributed by atoms with Gasteiger partial charge in [-0.1, -0.05) is 6.42 Å². The van der Waals surface area contributed by atoms with Crippen LogP contribution in [0, 0.1) is 0 Å². The molecule has 1 aliphatic rings. The van der Waals surface area contributed by atoms with Crippen LogP contribution < -0.4 is 10.6 Å². The van der Waals surface area contributed by atoms with Crippen LogP contribution in [0.5, 0.6) is 0 Å². The first-order valence-electron chi connectivity index (χ1n) is 8.05. The highest BCUT2D eigenvalue weighted by atomic mass is 15.1. The molecule has 2 aromatic rings. The van der Waals surface area contributed by atoms with Crippen molar-refractivity contribution in [1.82, 2.24) is 24.8 Å². The van der Waals surface area contributed by atoms with Crippen LogP contribution in [0.15, 0.2) is 24.8 Å². The van der Waals surface area contributed by atoms with E-state index in [1.54, 1.807) is 12.5 Å². The van der Waals surface area contributed by atoms with Crippen LogP contribution in [0.1, 0.15) is 37.2 Å². The summed E-state index contributed by atoms with van der Waals surface area (Å²) in [6.07, 6.45) is 11.5. The molecule has 3 heterocycles. The standard InChI is InChI=1S/C16H24N6/c1-22-9-8-18-16(22)11-19-15-10-14(20-12-21-15)6-5-13-4-2-3-7-17-13/h8-10,12-13,17H,2-7,11H2,1H3,(H,19,20,21)/t13-/m1/s1. The second kappa shape index (κ2) is 7.35. The van der Waals surface area contributed by atoms with E-state index in [1.807, 2.05) is 23.9 Å². The maximum Gasteiger partial charge on any atom is 0.129 e. The Kier molecular flexibility index (Phi) is 5.00. The van der Waals surface area contributed by atoms with E-state index >= 15 is 0 Å². The van der Waals surface area contributed by atoms with Gasteiger partial charge in [0, 0.05) is 37.2 Å². The molecule has 0 saturated carbocycles. The van der Waals surface area contributed by atoms with Crippen molar-refractivity contribution in [3.8, 4) is 0 Å². The largest absolute Gasteiger partial charge is 0.363 e. The van der Waals surface area contributed by atoms with Crippen molar-refractivity contribution in [3.05, 3.63) is 36.3 Å². The van der Waals surface area contributed by atoms with Gasteiger partial charge < -0.3 is 15.2 Å². The Morgan fingerprint density at radius 2 is 2.27 bits per heavy atom. The van der Waals surface area contributed by atoms with Gasteiger partial charge in [0.2, 0.25) is 0 Å². The van der Waals surface area contributed by atoms with Crippen molar-refractivity contribution in [2.45, 2.75) is 44.7 Å². The first-order valence-corrected chi connectivity index (χ1v) is 8.05. The quantitative estimate of drug-likeness (QED) is 0.853. The molecule has 2 N–H and O–H groups in total. The zero-order valence-corrected chi connectivity index (χ0v) is 13.1. The van der Waals surface area contributed by atoms with Crippen LogP contribution in [-0.2, 0) is 20.0 Å². The van der Waals surface area contributed by atoms with Gasteiger partial charge in [0.05, 0.1) is 6.54 Å². The molecule has 0 aromatic carbocycles. The van der Waals surface area contributed by atoms with Crippen LogP contribution in [0.25, 0.3) is 0 Å². The number of nitrogens with zero attached hydrogens (tertiary/aromatic N) is 4. The normalized spacial score (nSPS) is 18.3. The molecule has 22 heavy (non-hydrogen) atoms. The Labute approximate surface area is 131 Å². The van der Waals surface area contributed by atoms with Crippen molar-refractivity contribution in [1.29, 1.82) is 0 Å². The lowest BCUT2D eigenvalue weighted by molar-refractivity contribution is 0.382. The molecule has 3 rings (SSSR count). The molecule has 118 valence electrons. The smallest absolute Gasteiger partial charge is 0.129 e. The maximum atomic E-state index is 4.39. The van der Waals surface area contributed by atoms with E-state index in [0.29, 0.717) is 12.6 Å². The molecular formula is C16H24N6. The zero-order valence-electron chi connectivity index (χ0n) is 13.1. The number of piperidine rings is 1. The fraction of sp³-hybridized carbons (Fsp3) is 0.562. The Morgan fingerprint density at radius 1 is 1.32 bits per heavy atom. The summed E-state index contributed by atoms with van der Waals surface area (Å²) in [5.41, 5.74) is 1.10. The van der Waals surface area contributed by atoms with Crippen LogP contribution >= 0.6 is 0 Å². The number of aryl methyl sites for hydroxylation is 2.